The van der Waals surface area contributed by atoms with E-state index in [1.165, 1.54) is 25.8 Å². The lowest BCUT2D eigenvalue weighted by molar-refractivity contribution is 0.426. The molecule has 0 amide bonds. The largest absolute Gasteiger partial charge is 0.488 e. The fourth-order valence-electron chi connectivity index (χ4n) is 3.91. The summed E-state index contributed by atoms with van der Waals surface area (Å²) in [6.45, 7) is 0. The molecule has 0 saturated heterocycles. The Morgan fingerprint density at radius 1 is 0.548 bits per heavy atom. The van der Waals surface area contributed by atoms with Gasteiger partial charge in [-0.3, -0.25) is 9.97 Å². The Bertz CT molecular complexity index is 1710. The van der Waals surface area contributed by atoms with Crippen molar-refractivity contribution in [2.24, 2.45) is 0 Å². The fraction of sp³-hybridized carbons (Fsp3) is 0. The van der Waals surface area contributed by atoms with Gasteiger partial charge in [0, 0.05) is 42.2 Å². The number of pyridine rings is 2. The van der Waals surface area contributed by atoms with Crippen LogP contribution in [0, 0.1) is 3.57 Å². The van der Waals surface area contributed by atoms with Crippen molar-refractivity contribution in [3.63, 3.8) is 0 Å². The molecule has 0 fully saturated rings. The van der Waals surface area contributed by atoms with Gasteiger partial charge >= 0.3 is 7.12 Å². The van der Waals surface area contributed by atoms with Gasteiger partial charge in [-0.2, -0.15) is 0 Å². The average molecular weight is 792 g/mol. The molecular formula is C34H26BBr2IN2O2. The summed E-state index contributed by atoms with van der Waals surface area (Å²) in [5.74, 6) is 0. The number of benzene rings is 4. The number of aromatic nitrogens is 2. The van der Waals surface area contributed by atoms with Crippen LogP contribution in [0.3, 0.4) is 0 Å². The lowest BCUT2D eigenvalue weighted by atomic mass is 9.81. The Morgan fingerprint density at radius 2 is 1.14 bits per heavy atom. The van der Waals surface area contributed by atoms with Gasteiger partial charge < -0.3 is 10.0 Å². The summed E-state index contributed by atoms with van der Waals surface area (Å²) in [6.07, 6.45) is 5.60. The Labute approximate surface area is 277 Å². The van der Waals surface area contributed by atoms with E-state index in [-0.39, 0.29) is 0 Å². The molecule has 6 rings (SSSR count). The van der Waals surface area contributed by atoms with E-state index < -0.39 is 7.12 Å². The van der Waals surface area contributed by atoms with Crippen molar-refractivity contribution in [2.45, 2.75) is 0 Å². The van der Waals surface area contributed by atoms with Gasteiger partial charge in [0.1, 0.15) is 0 Å². The Hall–Kier alpha value is -3.15. The zero-order chi connectivity index (χ0) is 29.7. The maximum atomic E-state index is 8.68. The molecule has 8 heteroatoms. The summed E-state index contributed by atoms with van der Waals surface area (Å²) in [5, 5.41) is 17.4. The number of halogens is 3. The van der Waals surface area contributed by atoms with Gasteiger partial charge in [-0.1, -0.05) is 117 Å². The second kappa shape index (κ2) is 16.5. The minimum atomic E-state index is -1.38. The Kier molecular flexibility index (Phi) is 12.5. The molecule has 0 aliphatic heterocycles. The molecule has 0 saturated carbocycles. The van der Waals surface area contributed by atoms with Crippen molar-refractivity contribution in [3.8, 4) is 33.5 Å². The van der Waals surface area contributed by atoms with Crippen LogP contribution in [0.4, 0.5) is 0 Å². The number of hydrogen-bond donors (Lipinski definition) is 2. The van der Waals surface area contributed by atoms with Gasteiger partial charge in [0.15, 0.2) is 0 Å². The van der Waals surface area contributed by atoms with E-state index in [1.807, 2.05) is 67.1 Å². The minimum absolute atomic E-state index is 0.495. The zero-order valence-electron chi connectivity index (χ0n) is 22.4. The van der Waals surface area contributed by atoms with E-state index in [9.17, 15) is 0 Å². The third kappa shape index (κ3) is 9.99. The van der Waals surface area contributed by atoms with Crippen LogP contribution in [0.5, 0.6) is 0 Å². The molecule has 2 N–H and O–H groups in total. The molecule has 0 radical (unpaired) electrons. The molecule has 4 aromatic carbocycles. The van der Waals surface area contributed by atoms with Crippen LogP contribution in [-0.2, 0) is 0 Å². The van der Waals surface area contributed by atoms with E-state index in [0.29, 0.717) is 5.46 Å². The van der Waals surface area contributed by atoms with Crippen molar-refractivity contribution in [1.82, 2.24) is 9.97 Å². The molecule has 0 spiro atoms. The first kappa shape index (κ1) is 31.8. The highest BCUT2D eigenvalue weighted by Crippen LogP contribution is 2.26. The molecule has 2 heterocycles. The van der Waals surface area contributed by atoms with Crippen LogP contribution in [0.2, 0.25) is 0 Å². The van der Waals surface area contributed by atoms with E-state index in [0.717, 1.165) is 20.2 Å². The molecule has 0 unspecified atom stereocenters. The topological polar surface area (TPSA) is 66.2 Å². The smallest absolute Gasteiger partial charge is 0.423 e. The second-order valence-corrected chi connectivity index (χ2v) is 12.1. The van der Waals surface area contributed by atoms with Gasteiger partial charge in [-0.05, 0) is 87.2 Å². The summed E-state index contributed by atoms with van der Waals surface area (Å²) < 4.78 is 3.08. The molecule has 42 heavy (non-hydrogen) atoms. The van der Waals surface area contributed by atoms with Crippen molar-refractivity contribution in [3.05, 3.63) is 158 Å². The summed E-state index contributed by atoms with van der Waals surface area (Å²) in [4.78, 5) is 8.61. The minimum Gasteiger partial charge on any atom is -0.423 e. The van der Waals surface area contributed by atoms with Gasteiger partial charge in [0.05, 0.1) is 5.69 Å². The average Bonchev–Trinajstić information content (AvgIpc) is 3.03. The van der Waals surface area contributed by atoms with E-state index in [1.54, 1.807) is 18.2 Å². The highest BCUT2D eigenvalue weighted by atomic mass is 127. The zero-order valence-corrected chi connectivity index (χ0v) is 27.7. The standard InChI is InChI=1S/C17H12BrN.C11H8IN.C6H6BBrO2/c18-16-8-4-7-15(11-16)17-12-14(9-10-19-17)13-5-2-1-3-6-13;12-11-6-10(7-13-8-11)9-4-2-1-3-5-9;8-6-3-1-2-5(4-6)7(9)10/h1-12H;1-8H;1-4,9-10H. The summed E-state index contributed by atoms with van der Waals surface area (Å²) in [6, 6.07) is 42.0. The molecule has 2 aromatic heterocycles. The molecule has 4 nitrogen and oxygen atoms in total. The third-order valence-corrected chi connectivity index (χ3v) is 7.52. The fourth-order valence-corrected chi connectivity index (χ4v) is 5.23. The molecule has 0 bridgehead atoms. The van der Waals surface area contributed by atoms with Gasteiger partial charge in [-0.25, -0.2) is 0 Å². The van der Waals surface area contributed by atoms with Crippen LogP contribution >= 0.6 is 54.5 Å². The third-order valence-electron chi connectivity index (χ3n) is 5.95. The molecule has 0 aliphatic carbocycles. The summed E-state index contributed by atoms with van der Waals surface area (Å²) in [7, 11) is -1.38. The number of hydrogen-bond acceptors (Lipinski definition) is 4. The van der Waals surface area contributed by atoms with Gasteiger partial charge in [0.2, 0.25) is 0 Å². The Morgan fingerprint density at radius 3 is 1.71 bits per heavy atom. The molecule has 208 valence electrons. The molecule has 0 atom stereocenters. The van der Waals surface area contributed by atoms with Crippen molar-refractivity contribution >= 4 is 67.0 Å². The van der Waals surface area contributed by atoms with Crippen LogP contribution in [0.15, 0.2) is 155 Å². The van der Waals surface area contributed by atoms with Gasteiger partial charge in [-0.15, -0.1) is 0 Å². The molecule has 6 aromatic rings. The maximum Gasteiger partial charge on any atom is 0.488 e. The molecular weight excluding hydrogens is 766 g/mol. The van der Waals surface area contributed by atoms with Crippen LogP contribution in [-0.4, -0.2) is 27.1 Å². The van der Waals surface area contributed by atoms with Crippen LogP contribution < -0.4 is 5.46 Å². The van der Waals surface area contributed by atoms with E-state index in [4.69, 9.17) is 10.0 Å². The quantitative estimate of drug-likeness (QED) is 0.139. The van der Waals surface area contributed by atoms with Crippen molar-refractivity contribution in [1.29, 1.82) is 0 Å². The first-order valence-corrected chi connectivity index (χ1v) is 15.6. The summed E-state index contributed by atoms with van der Waals surface area (Å²) in [5.41, 5.74) is 7.39. The first-order valence-electron chi connectivity index (χ1n) is 12.9. The molecule has 0 aliphatic rings. The maximum absolute atomic E-state index is 8.68. The number of rotatable bonds is 4. The van der Waals surface area contributed by atoms with Crippen molar-refractivity contribution in [2.75, 3.05) is 0 Å². The van der Waals surface area contributed by atoms with Crippen molar-refractivity contribution < 1.29 is 10.0 Å². The predicted molar refractivity (Wildman–Crippen MR) is 189 cm³/mol. The monoisotopic (exact) mass is 790 g/mol. The highest BCUT2D eigenvalue weighted by Gasteiger charge is 2.09. The highest BCUT2D eigenvalue weighted by molar-refractivity contribution is 14.1. The summed E-state index contributed by atoms with van der Waals surface area (Å²) >= 11 is 8.97. The SMILES string of the molecule is Brc1cccc(-c2cc(-c3ccccc3)ccn2)c1.Ic1cncc(-c2ccccc2)c1.OB(O)c1cccc(Br)c1. The first-order chi connectivity index (χ1) is 20.4. The van der Waals surface area contributed by atoms with Crippen LogP contribution in [0.1, 0.15) is 0 Å². The lowest BCUT2D eigenvalue weighted by Gasteiger charge is -2.05. The van der Waals surface area contributed by atoms with E-state index >= 15 is 0 Å². The normalized spacial score (nSPS) is 10.0. The second-order valence-electron chi connectivity index (χ2n) is 8.99. The Balaban J connectivity index is 0.000000154. The van der Waals surface area contributed by atoms with Crippen LogP contribution in [0.25, 0.3) is 33.5 Å². The lowest BCUT2D eigenvalue weighted by Crippen LogP contribution is -2.29. The number of nitrogens with zero attached hydrogens (tertiary/aromatic N) is 2. The van der Waals surface area contributed by atoms with Gasteiger partial charge in [0.25, 0.3) is 0 Å². The van der Waals surface area contributed by atoms with E-state index in [2.05, 4.69) is 125 Å². The predicted octanol–water partition coefficient (Wildman–Crippen LogP) is 8.66.